The number of carbonyl (C=O) groups is 1. The lowest BCUT2D eigenvalue weighted by Gasteiger charge is -2.06. The van der Waals surface area contributed by atoms with Crippen LogP contribution in [-0.4, -0.2) is 32.7 Å². The highest BCUT2D eigenvalue weighted by Gasteiger charge is 2.08. The zero-order valence-corrected chi connectivity index (χ0v) is 12.1. The second kappa shape index (κ2) is 6.36. The quantitative estimate of drug-likeness (QED) is 0.596. The van der Waals surface area contributed by atoms with E-state index < -0.39 is 5.91 Å². The third kappa shape index (κ3) is 3.40. The van der Waals surface area contributed by atoms with Crippen LogP contribution in [0.4, 0.5) is 0 Å². The Morgan fingerprint density at radius 3 is 2.96 bits per heavy atom. The Hall–Kier alpha value is -3.07. The molecule has 0 unspecified atom stereocenters. The van der Waals surface area contributed by atoms with Gasteiger partial charge in [-0.25, -0.2) is 4.68 Å². The number of nitrogens with two attached hydrogens (primary N) is 1. The van der Waals surface area contributed by atoms with Crippen molar-refractivity contribution in [1.29, 1.82) is 0 Å². The number of amides is 1. The zero-order valence-electron chi connectivity index (χ0n) is 12.1. The van der Waals surface area contributed by atoms with Gasteiger partial charge < -0.3 is 15.5 Å². The Morgan fingerprint density at radius 1 is 1.35 bits per heavy atom. The Morgan fingerprint density at radius 2 is 2.22 bits per heavy atom. The maximum atomic E-state index is 12.1. The van der Waals surface area contributed by atoms with Gasteiger partial charge in [-0.2, -0.15) is 0 Å². The highest BCUT2D eigenvalue weighted by Crippen LogP contribution is 2.14. The zero-order chi connectivity index (χ0) is 16.2. The highest BCUT2D eigenvalue weighted by atomic mass is 16.3. The Bertz CT molecular complexity index is 887. The van der Waals surface area contributed by atoms with Gasteiger partial charge in [0, 0.05) is 18.2 Å². The van der Waals surface area contributed by atoms with E-state index in [9.17, 15) is 9.59 Å². The largest absolute Gasteiger partial charge is 0.459 e. The lowest BCUT2D eigenvalue weighted by Crippen LogP contribution is -2.20. The van der Waals surface area contributed by atoms with Crippen molar-refractivity contribution in [2.75, 3.05) is 6.54 Å². The number of nitrogens with one attached hydrogen (secondary N) is 1. The number of hydrogen-bond donors (Lipinski definition) is 2. The SMILES string of the molecule is NC(=O)c1ccc2oc(CNCCn3cnnn3)cc(=O)c2c1. The van der Waals surface area contributed by atoms with Crippen molar-refractivity contribution in [3.05, 3.63) is 52.1 Å². The standard InChI is InChI=1S/C14H14N6O3/c15-14(22)9-1-2-13-11(5-9)12(21)6-10(23-13)7-16-3-4-20-8-17-18-19-20/h1-2,5-6,8,16H,3-4,7H2,(H2,15,22). The first kappa shape index (κ1) is 14.9. The Kier molecular flexibility index (Phi) is 4.11. The highest BCUT2D eigenvalue weighted by molar-refractivity contribution is 5.96. The van der Waals surface area contributed by atoms with Crippen molar-refractivity contribution < 1.29 is 9.21 Å². The monoisotopic (exact) mass is 314 g/mol. The molecule has 0 bridgehead atoms. The fourth-order valence-electron chi connectivity index (χ4n) is 2.13. The van der Waals surface area contributed by atoms with Crippen LogP contribution in [0, 0.1) is 0 Å². The second-order valence-corrected chi connectivity index (χ2v) is 4.90. The molecule has 0 saturated carbocycles. The lowest BCUT2D eigenvalue weighted by atomic mass is 10.1. The van der Waals surface area contributed by atoms with Gasteiger partial charge in [0.1, 0.15) is 17.7 Å². The van der Waals surface area contributed by atoms with Crippen LogP contribution in [0.1, 0.15) is 16.1 Å². The molecule has 23 heavy (non-hydrogen) atoms. The molecule has 118 valence electrons. The third-order valence-corrected chi connectivity index (χ3v) is 3.27. The fourth-order valence-corrected chi connectivity index (χ4v) is 2.13. The van der Waals surface area contributed by atoms with E-state index in [1.807, 2.05) is 0 Å². The number of nitrogens with zero attached hydrogens (tertiary/aromatic N) is 4. The molecule has 2 heterocycles. The number of benzene rings is 1. The predicted octanol–water partition coefficient (Wildman–Crippen LogP) is -0.332. The van der Waals surface area contributed by atoms with Crippen LogP contribution >= 0.6 is 0 Å². The van der Waals surface area contributed by atoms with Crippen LogP contribution in [-0.2, 0) is 13.1 Å². The average Bonchev–Trinajstić information content (AvgIpc) is 3.04. The smallest absolute Gasteiger partial charge is 0.248 e. The minimum atomic E-state index is -0.584. The molecule has 0 aliphatic carbocycles. The van der Waals surface area contributed by atoms with E-state index >= 15 is 0 Å². The summed E-state index contributed by atoms with van der Waals surface area (Å²) in [4.78, 5) is 23.3. The molecule has 3 rings (SSSR count). The molecule has 1 aromatic carbocycles. The van der Waals surface area contributed by atoms with E-state index in [1.165, 1.54) is 24.5 Å². The first-order chi connectivity index (χ1) is 11.1. The average molecular weight is 314 g/mol. The number of rotatable bonds is 6. The van der Waals surface area contributed by atoms with Crippen molar-refractivity contribution in [3.63, 3.8) is 0 Å². The van der Waals surface area contributed by atoms with E-state index in [4.69, 9.17) is 10.2 Å². The number of hydrogen-bond acceptors (Lipinski definition) is 7. The van der Waals surface area contributed by atoms with E-state index in [2.05, 4.69) is 20.8 Å². The van der Waals surface area contributed by atoms with Crippen molar-refractivity contribution in [2.45, 2.75) is 13.1 Å². The number of fused-ring (bicyclic) bond motifs is 1. The molecule has 0 atom stereocenters. The molecule has 9 nitrogen and oxygen atoms in total. The third-order valence-electron chi connectivity index (χ3n) is 3.27. The molecule has 0 fully saturated rings. The summed E-state index contributed by atoms with van der Waals surface area (Å²) in [6.07, 6.45) is 1.52. The van der Waals surface area contributed by atoms with Crippen LogP contribution in [0.15, 0.2) is 39.8 Å². The summed E-state index contributed by atoms with van der Waals surface area (Å²) in [5.74, 6) is -0.0781. The fraction of sp³-hybridized carbons (Fsp3) is 0.214. The normalized spacial score (nSPS) is 11.0. The summed E-state index contributed by atoms with van der Waals surface area (Å²) < 4.78 is 7.25. The summed E-state index contributed by atoms with van der Waals surface area (Å²) in [6.45, 7) is 1.62. The van der Waals surface area contributed by atoms with Gasteiger partial charge >= 0.3 is 0 Å². The minimum Gasteiger partial charge on any atom is -0.459 e. The summed E-state index contributed by atoms with van der Waals surface area (Å²) >= 11 is 0. The maximum Gasteiger partial charge on any atom is 0.248 e. The van der Waals surface area contributed by atoms with Crippen LogP contribution in [0.3, 0.4) is 0 Å². The Balaban J connectivity index is 1.71. The van der Waals surface area contributed by atoms with Gasteiger partial charge in [0.2, 0.25) is 5.91 Å². The van der Waals surface area contributed by atoms with Crippen molar-refractivity contribution in [2.24, 2.45) is 5.73 Å². The number of carbonyl (C=O) groups excluding carboxylic acids is 1. The van der Waals surface area contributed by atoms with Crippen LogP contribution in [0.5, 0.6) is 0 Å². The van der Waals surface area contributed by atoms with Gasteiger partial charge in [-0.1, -0.05) is 0 Å². The molecule has 0 saturated heterocycles. The van der Waals surface area contributed by atoms with E-state index in [1.54, 1.807) is 10.7 Å². The van der Waals surface area contributed by atoms with Gasteiger partial charge in [-0.3, -0.25) is 9.59 Å². The summed E-state index contributed by atoms with van der Waals surface area (Å²) in [5, 5.41) is 14.3. The first-order valence-electron chi connectivity index (χ1n) is 6.91. The van der Waals surface area contributed by atoms with E-state index in [0.29, 0.717) is 36.4 Å². The van der Waals surface area contributed by atoms with Gasteiger partial charge in [0.25, 0.3) is 0 Å². The summed E-state index contributed by atoms with van der Waals surface area (Å²) in [7, 11) is 0. The minimum absolute atomic E-state index is 0.216. The molecule has 3 aromatic rings. The van der Waals surface area contributed by atoms with Crippen LogP contribution in [0.2, 0.25) is 0 Å². The van der Waals surface area contributed by atoms with Crippen molar-refractivity contribution in [3.8, 4) is 0 Å². The molecule has 2 aromatic heterocycles. The molecule has 0 radical (unpaired) electrons. The molecular weight excluding hydrogens is 300 g/mol. The maximum absolute atomic E-state index is 12.1. The van der Waals surface area contributed by atoms with Crippen molar-refractivity contribution in [1.82, 2.24) is 25.5 Å². The number of tetrazole rings is 1. The lowest BCUT2D eigenvalue weighted by molar-refractivity contribution is 0.100. The van der Waals surface area contributed by atoms with Crippen LogP contribution in [0.25, 0.3) is 11.0 Å². The molecule has 1 amide bonds. The summed E-state index contributed by atoms with van der Waals surface area (Å²) in [6, 6.07) is 5.94. The first-order valence-corrected chi connectivity index (χ1v) is 6.91. The van der Waals surface area contributed by atoms with Gasteiger partial charge in [-0.05, 0) is 28.6 Å². The van der Waals surface area contributed by atoms with Gasteiger partial charge in [-0.15, -0.1) is 5.10 Å². The van der Waals surface area contributed by atoms with E-state index in [0.717, 1.165) is 0 Å². The molecule has 0 spiro atoms. The molecule has 0 aliphatic heterocycles. The number of primary amides is 1. The molecule has 3 N–H and O–H groups in total. The topological polar surface area (TPSA) is 129 Å². The van der Waals surface area contributed by atoms with Gasteiger partial charge in [0.05, 0.1) is 18.5 Å². The van der Waals surface area contributed by atoms with Crippen molar-refractivity contribution >= 4 is 16.9 Å². The van der Waals surface area contributed by atoms with E-state index in [-0.39, 0.29) is 11.0 Å². The molecule has 9 heteroatoms. The predicted molar refractivity (Wildman–Crippen MR) is 80.5 cm³/mol. The Labute approximate surface area is 130 Å². The van der Waals surface area contributed by atoms with Crippen LogP contribution < -0.4 is 16.5 Å². The summed E-state index contributed by atoms with van der Waals surface area (Å²) in [5.41, 5.74) is 5.68. The molecular formula is C14H14N6O3. The van der Waals surface area contributed by atoms with Gasteiger partial charge in [0.15, 0.2) is 5.43 Å². The molecule has 0 aliphatic rings. The number of aromatic nitrogens is 4. The second-order valence-electron chi connectivity index (χ2n) is 4.90.